The minimum atomic E-state index is -0.702. The minimum Gasteiger partial charge on any atom is -0.497 e. The SMILES string of the molecule is COc1ccc(C2=NN(C3=NC(=O)[C@@H](CC(=O)Nc4ccc(C)c(F)c4)S3)[C@@H](c3ccc(Cl)cc3)C2)cc1. The zero-order chi connectivity index (χ0) is 26.8. The van der Waals surface area contributed by atoms with Crippen LogP contribution in [-0.4, -0.2) is 40.1 Å². The number of hydrogen-bond acceptors (Lipinski definition) is 6. The number of ether oxygens (including phenoxy) is 1. The Kier molecular flexibility index (Phi) is 7.49. The van der Waals surface area contributed by atoms with Gasteiger partial charge >= 0.3 is 0 Å². The van der Waals surface area contributed by atoms with E-state index < -0.39 is 22.9 Å². The number of carbonyl (C=O) groups is 2. The van der Waals surface area contributed by atoms with E-state index in [1.807, 2.05) is 48.5 Å². The second kappa shape index (κ2) is 11.0. The molecule has 38 heavy (non-hydrogen) atoms. The van der Waals surface area contributed by atoms with E-state index in [9.17, 15) is 14.0 Å². The molecule has 3 aromatic rings. The molecular weight excluding hydrogens is 527 g/mol. The number of thioether (sulfide) groups is 1. The highest BCUT2D eigenvalue weighted by Gasteiger charge is 2.39. The topological polar surface area (TPSA) is 83.4 Å². The van der Waals surface area contributed by atoms with Crippen molar-refractivity contribution in [3.05, 3.63) is 94.3 Å². The second-order valence-electron chi connectivity index (χ2n) is 8.95. The molecule has 0 spiro atoms. The summed E-state index contributed by atoms with van der Waals surface area (Å²) in [7, 11) is 1.61. The van der Waals surface area contributed by atoms with Crippen LogP contribution in [0.5, 0.6) is 5.75 Å². The van der Waals surface area contributed by atoms with Gasteiger partial charge in [-0.1, -0.05) is 41.6 Å². The van der Waals surface area contributed by atoms with Gasteiger partial charge in [-0.15, -0.1) is 0 Å². The van der Waals surface area contributed by atoms with Gasteiger partial charge in [0.1, 0.15) is 16.8 Å². The second-order valence-corrected chi connectivity index (χ2v) is 10.6. The molecule has 7 nitrogen and oxygen atoms in total. The molecule has 2 heterocycles. The van der Waals surface area contributed by atoms with E-state index in [2.05, 4.69) is 10.3 Å². The molecule has 0 fully saturated rings. The summed E-state index contributed by atoms with van der Waals surface area (Å²) in [6.07, 6.45) is 0.492. The van der Waals surface area contributed by atoms with E-state index >= 15 is 0 Å². The monoisotopic (exact) mass is 550 g/mol. The van der Waals surface area contributed by atoms with Gasteiger partial charge in [0.15, 0.2) is 5.17 Å². The van der Waals surface area contributed by atoms with Crippen molar-refractivity contribution in [3.63, 3.8) is 0 Å². The first kappa shape index (κ1) is 25.9. The van der Waals surface area contributed by atoms with Gasteiger partial charge in [-0.2, -0.15) is 10.1 Å². The number of amidine groups is 1. The minimum absolute atomic E-state index is 0.0967. The first-order chi connectivity index (χ1) is 18.3. The largest absolute Gasteiger partial charge is 0.497 e. The Morgan fingerprint density at radius 2 is 1.89 bits per heavy atom. The maximum absolute atomic E-state index is 13.9. The molecule has 3 aromatic carbocycles. The van der Waals surface area contributed by atoms with Crippen molar-refractivity contribution in [1.29, 1.82) is 0 Å². The predicted molar refractivity (Wildman–Crippen MR) is 148 cm³/mol. The van der Waals surface area contributed by atoms with E-state index in [1.165, 1.54) is 17.8 Å². The lowest BCUT2D eigenvalue weighted by Gasteiger charge is -2.23. The van der Waals surface area contributed by atoms with Crippen molar-refractivity contribution in [2.75, 3.05) is 12.4 Å². The lowest BCUT2D eigenvalue weighted by Crippen LogP contribution is -2.25. The summed E-state index contributed by atoms with van der Waals surface area (Å²) in [5.74, 6) is -0.464. The number of benzene rings is 3. The highest BCUT2D eigenvalue weighted by atomic mass is 35.5. The van der Waals surface area contributed by atoms with Crippen molar-refractivity contribution in [3.8, 4) is 5.75 Å². The normalized spacial score (nSPS) is 18.8. The number of hydrogen-bond donors (Lipinski definition) is 1. The Morgan fingerprint density at radius 3 is 2.58 bits per heavy atom. The Hall–Kier alpha value is -3.69. The molecule has 0 saturated carbocycles. The summed E-state index contributed by atoms with van der Waals surface area (Å²) in [6, 6.07) is 19.4. The van der Waals surface area contributed by atoms with Gasteiger partial charge in [-0.25, -0.2) is 9.40 Å². The van der Waals surface area contributed by atoms with Crippen LogP contribution in [0.3, 0.4) is 0 Å². The van der Waals surface area contributed by atoms with Crippen molar-refractivity contribution in [2.24, 2.45) is 10.1 Å². The van der Waals surface area contributed by atoms with E-state index in [1.54, 1.807) is 31.2 Å². The number of aryl methyl sites for hydroxylation is 1. The predicted octanol–water partition coefficient (Wildman–Crippen LogP) is 5.97. The molecule has 2 atom stereocenters. The number of nitrogens with zero attached hydrogens (tertiary/aromatic N) is 3. The van der Waals surface area contributed by atoms with Gasteiger partial charge in [-0.3, -0.25) is 9.59 Å². The molecule has 194 valence electrons. The fourth-order valence-electron chi connectivity index (χ4n) is 4.24. The number of halogens is 2. The zero-order valence-corrected chi connectivity index (χ0v) is 22.2. The lowest BCUT2D eigenvalue weighted by molar-refractivity contribution is -0.121. The Bertz CT molecular complexity index is 1440. The lowest BCUT2D eigenvalue weighted by atomic mass is 9.98. The highest BCUT2D eigenvalue weighted by Crippen LogP contribution is 2.39. The Morgan fingerprint density at radius 1 is 1.16 bits per heavy atom. The van der Waals surface area contributed by atoms with Gasteiger partial charge in [0, 0.05) is 23.6 Å². The molecule has 2 aliphatic heterocycles. The molecule has 5 rings (SSSR count). The molecule has 0 radical (unpaired) electrons. The number of aliphatic imine (C=N–C) groups is 1. The smallest absolute Gasteiger partial charge is 0.262 e. The first-order valence-corrected chi connectivity index (χ1v) is 13.2. The number of anilines is 1. The highest BCUT2D eigenvalue weighted by molar-refractivity contribution is 8.15. The van der Waals surface area contributed by atoms with Crippen LogP contribution in [0.25, 0.3) is 0 Å². The third-order valence-electron chi connectivity index (χ3n) is 6.34. The zero-order valence-electron chi connectivity index (χ0n) is 20.7. The summed E-state index contributed by atoms with van der Waals surface area (Å²) >= 11 is 7.31. The third-order valence-corrected chi connectivity index (χ3v) is 7.73. The average Bonchev–Trinajstić information content (AvgIpc) is 3.51. The molecule has 2 amide bonds. The molecule has 0 bridgehead atoms. The van der Waals surface area contributed by atoms with Crippen molar-refractivity contribution in [1.82, 2.24) is 5.01 Å². The summed E-state index contributed by atoms with van der Waals surface area (Å²) in [4.78, 5) is 29.7. The van der Waals surface area contributed by atoms with E-state index in [0.29, 0.717) is 27.9 Å². The van der Waals surface area contributed by atoms with Crippen LogP contribution in [0.15, 0.2) is 76.8 Å². The molecular formula is C28H24ClFN4O3S. The van der Waals surface area contributed by atoms with Crippen LogP contribution in [0.1, 0.15) is 35.6 Å². The maximum Gasteiger partial charge on any atom is 0.262 e. The summed E-state index contributed by atoms with van der Waals surface area (Å²) in [5, 5.41) is 9.60. The van der Waals surface area contributed by atoms with Crippen LogP contribution in [0.2, 0.25) is 5.02 Å². The summed E-state index contributed by atoms with van der Waals surface area (Å²) in [5.41, 5.74) is 3.57. The van der Waals surface area contributed by atoms with Crippen LogP contribution in [-0.2, 0) is 9.59 Å². The van der Waals surface area contributed by atoms with E-state index in [-0.39, 0.29) is 12.5 Å². The standard InChI is InChI=1S/C28H24ClFN4O3S/c1-16-3-10-20(13-22(16)30)31-26(35)15-25-27(36)32-28(38-25)34-24(18-4-8-19(29)9-5-18)14-23(33-34)17-6-11-21(37-2)12-7-17/h3-13,24-25H,14-15H2,1-2H3,(H,31,35)/t24-,25-/m1/s1. The Balaban J connectivity index is 1.34. The van der Waals surface area contributed by atoms with E-state index in [0.717, 1.165) is 22.6 Å². The molecule has 10 heteroatoms. The van der Waals surface area contributed by atoms with Crippen LogP contribution >= 0.6 is 23.4 Å². The first-order valence-electron chi connectivity index (χ1n) is 11.9. The molecule has 0 aliphatic carbocycles. The fraction of sp³-hybridized carbons (Fsp3) is 0.214. The number of nitrogens with one attached hydrogen (secondary N) is 1. The molecule has 0 aromatic heterocycles. The number of methoxy groups -OCH3 is 1. The third kappa shape index (κ3) is 5.58. The van der Waals surface area contributed by atoms with Crippen molar-refractivity contribution < 1.29 is 18.7 Å². The number of amides is 2. The van der Waals surface area contributed by atoms with Gasteiger partial charge in [0.05, 0.1) is 18.9 Å². The quantitative estimate of drug-likeness (QED) is 0.408. The molecule has 0 unspecified atom stereocenters. The molecule has 1 N–H and O–H groups in total. The van der Waals surface area contributed by atoms with Crippen molar-refractivity contribution in [2.45, 2.75) is 31.1 Å². The average molecular weight is 551 g/mol. The maximum atomic E-state index is 13.9. The number of carbonyl (C=O) groups excluding carboxylic acids is 2. The number of hydrazone groups is 1. The van der Waals surface area contributed by atoms with Crippen LogP contribution in [0, 0.1) is 12.7 Å². The van der Waals surface area contributed by atoms with Crippen LogP contribution in [0.4, 0.5) is 10.1 Å². The van der Waals surface area contributed by atoms with Gasteiger partial charge in [0.25, 0.3) is 5.91 Å². The fourth-order valence-corrected chi connectivity index (χ4v) is 5.43. The van der Waals surface area contributed by atoms with Gasteiger partial charge in [-0.05, 0) is 72.1 Å². The van der Waals surface area contributed by atoms with Crippen LogP contribution < -0.4 is 10.1 Å². The van der Waals surface area contributed by atoms with Gasteiger partial charge < -0.3 is 10.1 Å². The van der Waals surface area contributed by atoms with E-state index in [4.69, 9.17) is 21.4 Å². The molecule has 0 saturated heterocycles. The number of rotatable bonds is 6. The molecule has 2 aliphatic rings. The van der Waals surface area contributed by atoms with Gasteiger partial charge in [0.2, 0.25) is 5.91 Å². The van der Waals surface area contributed by atoms with Crippen molar-refractivity contribution >= 4 is 51.7 Å². The summed E-state index contributed by atoms with van der Waals surface area (Å²) in [6.45, 7) is 1.64. The summed E-state index contributed by atoms with van der Waals surface area (Å²) < 4.78 is 19.1. The Labute approximate surface area is 228 Å².